The van der Waals surface area contributed by atoms with Crippen molar-refractivity contribution in [3.05, 3.63) is 39.2 Å². The van der Waals surface area contributed by atoms with Gasteiger partial charge in [0.25, 0.3) is 5.91 Å². The molecule has 2 aliphatic rings. The molecule has 162 valence electrons. The molecular formula is C24H31NO5. The molecule has 1 aliphatic heterocycles. The second-order valence-corrected chi connectivity index (χ2v) is 9.12. The summed E-state index contributed by atoms with van der Waals surface area (Å²) in [6.45, 7) is 8.42. The van der Waals surface area contributed by atoms with E-state index in [1.54, 1.807) is 13.8 Å². The number of aliphatic hydroxyl groups is 1. The van der Waals surface area contributed by atoms with Gasteiger partial charge in [-0.15, -0.1) is 0 Å². The lowest BCUT2D eigenvalue weighted by molar-refractivity contribution is -0.149. The number of rotatable bonds is 3. The molecule has 0 spiro atoms. The molecule has 2 fully saturated rings. The van der Waals surface area contributed by atoms with E-state index in [-0.39, 0.29) is 17.5 Å². The Morgan fingerprint density at radius 3 is 2.77 bits per heavy atom. The average Bonchev–Trinajstić information content (AvgIpc) is 2.70. The van der Waals surface area contributed by atoms with Crippen LogP contribution in [0, 0.1) is 26.7 Å². The first kappa shape index (κ1) is 20.9. The van der Waals surface area contributed by atoms with Gasteiger partial charge in [-0.1, -0.05) is 12.8 Å². The van der Waals surface area contributed by atoms with E-state index in [4.69, 9.17) is 9.15 Å². The Morgan fingerprint density at radius 2 is 2.00 bits per heavy atom. The minimum Gasteiger partial charge on any atom is -0.480 e. The number of benzene rings is 1. The SMILES string of the molecule is Cc1cc(O[C@H](C)C(=O)N2CC[C@@]3(O)CCCC[C@@H]3C2)c2c(C)c(C)c(=O)oc2c1. The lowest BCUT2D eigenvalue weighted by Crippen LogP contribution is -2.56. The molecule has 6 nitrogen and oxygen atoms in total. The summed E-state index contributed by atoms with van der Waals surface area (Å²) in [7, 11) is 0. The average molecular weight is 414 g/mol. The van der Waals surface area contributed by atoms with E-state index >= 15 is 0 Å². The van der Waals surface area contributed by atoms with Crippen molar-refractivity contribution in [3.8, 4) is 5.75 Å². The van der Waals surface area contributed by atoms with Crippen molar-refractivity contribution in [2.75, 3.05) is 13.1 Å². The molecule has 0 radical (unpaired) electrons. The number of aryl methyl sites for hydroxylation is 2. The molecule has 1 aromatic carbocycles. The van der Waals surface area contributed by atoms with Crippen molar-refractivity contribution in [3.63, 3.8) is 0 Å². The highest BCUT2D eigenvalue weighted by atomic mass is 16.5. The van der Waals surface area contributed by atoms with Crippen LogP contribution in [0.4, 0.5) is 0 Å². The number of nitrogens with zero attached hydrogens (tertiary/aromatic N) is 1. The van der Waals surface area contributed by atoms with E-state index in [1.807, 2.05) is 30.9 Å². The van der Waals surface area contributed by atoms with Gasteiger partial charge in [-0.2, -0.15) is 0 Å². The van der Waals surface area contributed by atoms with Crippen molar-refractivity contribution in [1.29, 1.82) is 0 Å². The topological polar surface area (TPSA) is 80.0 Å². The van der Waals surface area contributed by atoms with Crippen LogP contribution in [0.15, 0.2) is 21.3 Å². The van der Waals surface area contributed by atoms with Gasteiger partial charge in [0.1, 0.15) is 11.3 Å². The van der Waals surface area contributed by atoms with Gasteiger partial charge < -0.3 is 19.2 Å². The molecule has 2 aromatic rings. The van der Waals surface area contributed by atoms with E-state index in [0.29, 0.717) is 36.4 Å². The third-order valence-corrected chi connectivity index (χ3v) is 7.05. The molecule has 4 rings (SSSR count). The summed E-state index contributed by atoms with van der Waals surface area (Å²) in [5, 5.41) is 11.6. The Balaban J connectivity index is 1.57. The number of carbonyl (C=O) groups excluding carboxylic acids is 1. The summed E-state index contributed by atoms with van der Waals surface area (Å²) in [5.74, 6) is 0.639. The fourth-order valence-electron chi connectivity index (χ4n) is 5.05. The third kappa shape index (κ3) is 3.62. The first-order chi connectivity index (χ1) is 14.2. The normalized spacial score (nSPS) is 25.1. The van der Waals surface area contributed by atoms with E-state index in [9.17, 15) is 14.7 Å². The van der Waals surface area contributed by atoms with E-state index in [0.717, 1.165) is 42.2 Å². The van der Waals surface area contributed by atoms with Crippen LogP contribution in [0.25, 0.3) is 11.0 Å². The monoisotopic (exact) mass is 413 g/mol. The molecule has 0 unspecified atom stereocenters. The summed E-state index contributed by atoms with van der Waals surface area (Å²) in [6, 6.07) is 3.70. The number of hydrogen-bond donors (Lipinski definition) is 1. The minimum absolute atomic E-state index is 0.0657. The Labute approximate surface area is 176 Å². The largest absolute Gasteiger partial charge is 0.480 e. The van der Waals surface area contributed by atoms with E-state index in [2.05, 4.69) is 0 Å². The molecule has 1 saturated carbocycles. The summed E-state index contributed by atoms with van der Waals surface area (Å²) in [5.41, 5.74) is 1.76. The lowest BCUT2D eigenvalue weighted by atomic mass is 9.71. The van der Waals surface area contributed by atoms with Gasteiger partial charge in [0.15, 0.2) is 6.10 Å². The molecule has 1 aromatic heterocycles. The van der Waals surface area contributed by atoms with Gasteiger partial charge in [-0.25, -0.2) is 4.79 Å². The summed E-state index contributed by atoms with van der Waals surface area (Å²) in [6.07, 6.45) is 3.94. The van der Waals surface area contributed by atoms with Crippen LogP contribution in [0.1, 0.15) is 55.7 Å². The van der Waals surface area contributed by atoms with Crippen molar-refractivity contribution in [2.45, 2.75) is 71.5 Å². The van der Waals surface area contributed by atoms with Crippen LogP contribution in [-0.4, -0.2) is 40.7 Å². The van der Waals surface area contributed by atoms with Gasteiger partial charge in [0, 0.05) is 24.6 Å². The van der Waals surface area contributed by atoms with Crippen molar-refractivity contribution in [1.82, 2.24) is 4.90 Å². The van der Waals surface area contributed by atoms with Crippen LogP contribution >= 0.6 is 0 Å². The van der Waals surface area contributed by atoms with Crippen LogP contribution in [-0.2, 0) is 4.79 Å². The maximum absolute atomic E-state index is 13.2. The Bertz CT molecular complexity index is 1040. The zero-order valence-corrected chi connectivity index (χ0v) is 18.3. The van der Waals surface area contributed by atoms with Crippen LogP contribution in [0.2, 0.25) is 0 Å². The molecule has 3 atom stereocenters. The second-order valence-electron chi connectivity index (χ2n) is 9.12. The molecule has 30 heavy (non-hydrogen) atoms. The molecule has 1 N–H and O–H groups in total. The van der Waals surface area contributed by atoms with Gasteiger partial charge >= 0.3 is 5.63 Å². The molecule has 1 saturated heterocycles. The van der Waals surface area contributed by atoms with Gasteiger partial charge in [-0.05, 0) is 70.2 Å². The molecule has 1 aliphatic carbocycles. The maximum atomic E-state index is 13.2. The van der Waals surface area contributed by atoms with Crippen LogP contribution in [0.5, 0.6) is 5.75 Å². The summed E-state index contributed by atoms with van der Waals surface area (Å²) >= 11 is 0. The molecule has 0 bridgehead atoms. The second kappa shape index (κ2) is 7.73. The molecule has 2 heterocycles. The number of amides is 1. The Kier molecular flexibility index (Phi) is 5.39. The van der Waals surface area contributed by atoms with E-state index < -0.39 is 11.7 Å². The Morgan fingerprint density at radius 1 is 1.23 bits per heavy atom. The fourth-order valence-corrected chi connectivity index (χ4v) is 5.05. The molecule has 1 amide bonds. The van der Waals surface area contributed by atoms with Gasteiger partial charge in [0.05, 0.1) is 11.0 Å². The highest BCUT2D eigenvalue weighted by Crippen LogP contribution is 2.40. The van der Waals surface area contributed by atoms with E-state index in [1.165, 1.54) is 0 Å². The maximum Gasteiger partial charge on any atom is 0.339 e. The minimum atomic E-state index is -0.670. The van der Waals surface area contributed by atoms with Crippen LogP contribution < -0.4 is 10.4 Å². The molecular weight excluding hydrogens is 382 g/mol. The van der Waals surface area contributed by atoms with Crippen molar-refractivity contribution in [2.24, 2.45) is 5.92 Å². The number of likely N-dealkylation sites (tertiary alicyclic amines) is 1. The lowest BCUT2D eigenvalue weighted by Gasteiger charge is -2.47. The fraction of sp³-hybridized carbons (Fsp3) is 0.583. The number of ether oxygens (including phenoxy) is 1. The smallest absolute Gasteiger partial charge is 0.339 e. The first-order valence-electron chi connectivity index (χ1n) is 10.9. The standard InChI is InChI=1S/C24H31NO5/c1-14-11-19(21-15(2)16(3)23(27)30-20(21)12-14)29-17(4)22(26)25-10-9-24(28)8-6-5-7-18(24)13-25/h11-12,17-18,28H,5-10,13H2,1-4H3/t17-,18-,24+/m1/s1. The van der Waals surface area contributed by atoms with Crippen molar-refractivity contribution < 1.29 is 19.1 Å². The highest BCUT2D eigenvalue weighted by Gasteiger charge is 2.44. The van der Waals surface area contributed by atoms with Crippen molar-refractivity contribution >= 4 is 16.9 Å². The number of piperidine rings is 1. The third-order valence-electron chi connectivity index (χ3n) is 7.05. The predicted octanol–water partition coefficient (Wildman–Crippen LogP) is 3.64. The zero-order chi connectivity index (χ0) is 21.6. The highest BCUT2D eigenvalue weighted by molar-refractivity contribution is 5.89. The predicted molar refractivity (Wildman–Crippen MR) is 115 cm³/mol. The quantitative estimate of drug-likeness (QED) is 0.777. The number of fused-ring (bicyclic) bond motifs is 2. The summed E-state index contributed by atoms with van der Waals surface area (Å²) < 4.78 is 11.6. The number of carbonyl (C=O) groups is 1. The van der Waals surface area contributed by atoms with Crippen LogP contribution in [0.3, 0.4) is 0 Å². The van der Waals surface area contributed by atoms with Gasteiger partial charge in [-0.3, -0.25) is 4.79 Å². The Hall–Kier alpha value is -2.34. The first-order valence-corrected chi connectivity index (χ1v) is 10.9. The van der Waals surface area contributed by atoms with Gasteiger partial charge in [0.2, 0.25) is 0 Å². The zero-order valence-electron chi connectivity index (χ0n) is 18.3. The number of hydrogen-bond acceptors (Lipinski definition) is 5. The summed E-state index contributed by atoms with van der Waals surface area (Å²) in [4.78, 5) is 27.1. The molecule has 6 heteroatoms.